The van der Waals surface area contributed by atoms with Gasteiger partial charge in [0.05, 0.1) is 4.88 Å². The average Bonchev–Trinajstić information content (AvgIpc) is 3.02. The molecule has 2 heterocycles. The second-order valence-corrected chi connectivity index (χ2v) is 6.46. The fourth-order valence-corrected chi connectivity index (χ4v) is 3.07. The normalized spacial score (nSPS) is 15.7. The molecule has 0 spiro atoms. The van der Waals surface area contributed by atoms with Crippen LogP contribution in [0.4, 0.5) is 0 Å². The van der Waals surface area contributed by atoms with Gasteiger partial charge in [0.2, 0.25) is 17.6 Å². The quantitative estimate of drug-likeness (QED) is 0.776. The lowest BCUT2D eigenvalue weighted by Crippen LogP contribution is -2.37. The van der Waals surface area contributed by atoms with Crippen molar-refractivity contribution in [2.75, 3.05) is 6.61 Å². The number of amides is 1. The molecule has 0 bridgehead atoms. The highest BCUT2D eigenvalue weighted by atomic mass is 32.1. The smallest absolute Gasteiger partial charge is 0.227 e. The van der Waals surface area contributed by atoms with Crippen LogP contribution in [0, 0.1) is 5.92 Å². The molecule has 0 aliphatic heterocycles. The number of carbonyl (C=O) groups excluding carboxylic acids is 1. The van der Waals surface area contributed by atoms with Crippen LogP contribution in [0.3, 0.4) is 0 Å². The number of carbonyl (C=O) groups is 1. The van der Waals surface area contributed by atoms with Crippen molar-refractivity contribution in [2.45, 2.75) is 38.1 Å². The highest BCUT2D eigenvalue weighted by molar-refractivity contribution is 7.13. The Balaban J connectivity index is 1.48. The highest BCUT2D eigenvalue weighted by Gasteiger charge is 2.31. The number of aliphatic hydroxyl groups is 1. The highest BCUT2D eigenvalue weighted by Crippen LogP contribution is 2.33. The summed E-state index contributed by atoms with van der Waals surface area (Å²) in [6, 6.07) is 3.96. The van der Waals surface area contributed by atoms with E-state index >= 15 is 0 Å². The second kappa shape index (κ2) is 7.02. The van der Waals surface area contributed by atoms with Gasteiger partial charge in [-0.3, -0.25) is 4.79 Å². The van der Waals surface area contributed by atoms with E-state index in [4.69, 9.17) is 9.63 Å². The fraction of sp³-hybridized carbons (Fsp3) is 0.533. The Hall–Kier alpha value is -1.73. The van der Waals surface area contributed by atoms with Crippen molar-refractivity contribution >= 4 is 17.2 Å². The van der Waals surface area contributed by atoms with E-state index in [0.717, 1.165) is 17.7 Å². The molecule has 22 heavy (non-hydrogen) atoms. The number of nitrogens with zero attached hydrogens (tertiary/aromatic N) is 2. The molecule has 0 aromatic carbocycles. The van der Waals surface area contributed by atoms with Gasteiger partial charge in [-0.1, -0.05) is 11.2 Å². The molecule has 1 fully saturated rings. The first kappa shape index (κ1) is 15.2. The van der Waals surface area contributed by atoms with Gasteiger partial charge in [0.15, 0.2) is 0 Å². The molecule has 2 N–H and O–H groups in total. The Morgan fingerprint density at radius 1 is 1.55 bits per heavy atom. The molecule has 2 aromatic rings. The summed E-state index contributed by atoms with van der Waals surface area (Å²) in [5, 5.41) is 17.9. The summed E-state index contributed by atoms with van der Waals surface area (Å²) in [6.45, 7) is 0.106. The Bertz CT molecular complexity index is 607. The van der Waals surface area contributed by atoms with Gasteiger partial charge in [0.1, 0.15) is 0 Å². The van der Waals surface area contributed by atoms with Crippen LogP contribution >= 0.6 is 11.3 Å². The maximum atomic E-state index is 12.0. The third kappa shape index (κ3) is 3.92. The van der Waals surface area contributed by atoms with E-state index in [1.807, 2.05) is 17.5 Å². The number of hydrogen-bond donors (Lipinski definition) is 2. The van der Waals surface area contributed by atoms with Crippen LogP contribution in [0.2, 0.25) is 0 Å². The summed E-state index contributed by atoms with van der Waals surface area (Å²) < 4.78 is 5.18. The Morgan fingerprint density at radius 2 is 2.41 bits per heavy atom. The molecule has 3 rings (SSSR count). The Morgan fingerprint density at radius 3 is 3.09 bits per heavy atom. The van der Waals surface area contributed by atoms with Gasteiger partial charge in [-0.05, 0) is 36.6 Å². The molecule has 6 nitrogen and oxygen atoms in total. The van der Waals surface area contributed by atoms with Crippen LogP contribution in [0.5, 0.6) is 0 Å². The molecule has 2 aromatic heterocycles. The van der Waals surface area contributed by atoms with Crippen molar-refractivity contribution < 1.29 is 14.4 Å². The summed E-state index contributed by atoms with van der Waals surface area (Å²) in [5.41, 5.74) is 0. The van der Waals surface area contributed by atoms with Gasteiger partial charge in [-0.25, -0.2) is 0 Å². The van der Waals surface area contributed by atoms with Crippen LogP contribution in [0.25, 0.3) is 10.7 Å². The van der Waals surface area contributed by atoms with Crippen molar-refractivity contribution in [2.24, 2.45) is 5.92 Å². The van der Waals surface area contributed by atoms with Crippen LogP contribution in [0.15, 0.2) is 22.0 Å². The summed E-state index contributed by atoms with van der Waals surface area (Å²) in [6.07, 6.45) is 3.65. The molecule has 1 amide bonds. The van der Waals surface area contributed by atoms with Crippen molar-refractivity contribution in [3.05, 3.63) is 23.4 Å². The first-order valence-electron chi connectivity index (χ1n) is 7.53. The number of hydrogen-bond acceptors (Lipinski definition) is 6. The number of aromatic nitrogens is 2. The predicted molar refractivity (Wildman–Crippen MR) is 82.3 cm³/mol. The Kier molecular flexibility index (Phi) is 4.84. The van der Waals surface area contributed by atoms with Crippen LogP contribution < -0.4 is 5.32 Å². The maximum Gasteiger partial charge on any atom is 0.227 e. The molecule has 7 heteroatoms. The van der Waals surface area contributed by atoms with E-state index in [1.54, 1.807) is 11.3 Å². The van der Waals surface area contributed by atoms with Gasteiger partial charge in [-0.15, -0.1) is 11.3 Å². The van der Waals surface area contributed by atoms with E-state index in [2.05, 4.69) is 15.5 Å². The minimum absolute atomic E-state index is 0.0266. The number of rotatable bonds is 8. The van der Waals surface area contributed by atoms with Crippen LogP contribution in [0.1, 0.15) is 31.6 Å². The van der Waals surface area contributed by atoms with Crippen LogP contribution in [-0.4, -0.2) is 33.8 Å². The molecular weight excluding hydrogens is 302 g/mol. The van der Waals surface area contributed by atoms with E-state index < -0.39 is 0 Å². The monoisotopic (exact) mass is 321 g/mol. The lowest BCUT2D eigenvalue weighted by atomic mass is 10.1. The predicted octanol–water partition coefficient (Wildman–Crippen LogP) is 2.01. The molecule has 0 saturated heterocycles. The number of aliphatic hydroxyl groups excluding tert-OH is 1. The molecule has 1 atom stereocenters. The summed E-state index contributed by atoms with van der Waals surface area (Å²) >= 11 is 1.55. The molecule has 1 unspecified atom stereocenters. The largest absolute Gasteiger partial charge is 0.396 e. The molecule has 0 radical (unpaired) electrons. The van der Waals surface area contributed by atoms with Gasteiger partial charge in [0.25, 0.3) is 0 Å². The summed E-state index contributed by atoms with van der Waals surface area (Å²) in [4.78, 5) is 17.2. The molecule has 118 valence electrons. The summed E-state index contributed by atoms with van der Waals surface area (Å²) in [7, 11) is 0. The molecule has 1 aliphatic carbocycles. The zero-order valence-electron chi connectivity index (χ0n) is 12.2. The summed E-state index contributed by atoms with van der Waals surface area (Å²) in [5.74, 6) is 1.55. The topological polar surface area (TPSA) is 88.2 Å². The Labute approximate surface area is 132 Å². The third-order valence-corrected chi connectivity index (χ3v) is 4.62. The third-order valence-electron chi connectivity index (χ3n) is 3.75. The molecule has 1 saturated carbocycles. The van der Waals surface area contributed by atoms with Crippen molar-refractivity contribution in [1.29, 1.82) is 0 Å². The minimum Gasteiger partial charge on any atom is -0.396 e. The standard InChI is InChI=1S/C15H19N3O3S/c19-8-7-11(10-3-4-10)16-13(20)5-6-14-17-15(18-21-14)12-2-1-9-22-12/h1-2,9-11,19H,3-8H2,(H,16,20). The van der Waals surface area contributed by atoms with Gasteiger partial charge in [-0.2, -0.15) is 4.98 Å². The van der Waals surface area contributed by atoms with E-state index in [0.29, 0.717) is 36.9 Å². The number of thiophene rings is 1. The van der Waals surface area contributed by atoms with Crippen molar-refractivity contribution in [3.8, 4) is 10.7 Å². The van der Waals surface area contributed by atoms with Crippen molar-refractivity contribution in [3.63, 3.8) is 0 Å². The first-order valence-corrected chi connectivity index (χ1v) is 8.41. The van der Waals surface area contributed by atoms with Gasteiger partial charge in [0, 0.05) is 25.5 Å². The second-order valence-electron chi connectivity index (χ2n) is 5.51. The van der Waals surface area contributed by atoms with Crippen molar-refractivity contribution in [1.82, 2.24) is 15.5 Å². The van der Waals surface area contributed by atoms with E-state index in [1.165, 1.54) is 0 Å². The molecule has 1 aliphatic rings. The molecular formula is C15H19N3O3S. The SMILES string of the molecule is O=C(CCc1nc(-c2cccs2)no1)NC(CCO)C1CC1. The maximum absolute atomic E-state index is 12.0. The van der Waals surface area contributed by atoms with Gasteiger partial charge >= 0.3 is 0 Å². The zero-order valence-corrected chi connectivity index (χ0v) is 13.0. The van der Waals surface area contributed by atoms with E-state index in [9.17, 15) is 4.79 Å². The lowest BCUT2D eigenvalue weighted by molar-refractivity contribution is -0.122. The van der Waals surface area contributed by atoms with E-state index in [-0.39, 0.29) is 18.6 Å². The number of nitrogens with one attached hydrogen (secondary N) is 1. The van der Waals surface area contributed by atoms with Gasteiger partial charge < -0.3 is 14.9 Å². The minimum atomic E-state index is -0.0266. The van der Waals surface area contributed by atoms with Crippen LogP contribution in [-0.2, 0) is 11.2 Å². The zero-order chi connectivity index (χ0) is 15.4. The average molecular weight is 321 g/mol. The lowest BCUT2D eigenvalue weighted by Gasteiger charge is -2.16. The number of aryl methyl sites for hydroxylation is 1. The first-order chi connectivity index (χ1) is 10.8. The fourth-order valence-electron chi connectivity index (χ4n) is 2.43.